The predicted molar refractivity (Wildman–Crippen MR) is 26.6 cm³/mol. The number of likely N-dealkylation sites (N-methyl/N-ethyl adjacent to an activating group) is 1. The molecule has 0 unspecified atom stereocenters. The molecule has 5 N–H and O–H groups in total. The summed E-state index contributed by atoms with van der Waals surface area (Å²) in [7, 11) is 1.88. The summed E-state index contributed by atoms with van der Waals surface area (Å²) in [6, 6.07) is 0. The van der Waals surface area contributed by atoms with Crippen LogP contribution >= 0.6 is 0 Å². The van der Waals surface area contributed by atoms with Crippen LogP contribution in [0, 0.1) is 0 Å². The van der Waals surface area contributed by atoms with Crippen molar-refractivity contribution >= 4 is 0 Å². The van der Waals surface area contributed by atoms with E-state index in [1.54, 1.807) is 0 Å². The van der Waals surface area contributed by atoms with E-state index in [0.29, 0.717) is 0 Å². The Morgan fingerprint density at radius 2 is 2.17 bits per heavy atom. The first-order valence-electron chi connectivity index (χ1n) is 1.76. The number of nitrogens with one attached hydrogen (secondary N) is 1. The largest absolute Gasteiger partial charge is 0.412 e. The molecule has 0 saturated carbocycles. The van der Waals surface area contributed by atoms with E-state index < -0.39 is 0 Å². The van der Waals surface area contributed by atoms with Crippen LogP contribution in [0.15, 0.2) is 0 Å². The van der Waals surface area contributed by atoms with E-state index in [-0.39, 0.29) is 5.48 Å². The fourth-order valence-corrected chi connectivity index (χ4v) is 0.144. The number of hydrogen-bond donors (Lipinski definition) is 2. The molecule has 0 spiro atoms. The van der Waals surface area contributed by atoms with Crippen molar-refractivity contribution in [3.05, 3.63) is 0 Å². The van der Waals surface area contributed by atoms with Crippen LogP contribution in [0.4, 0.5) is 0 Å². The lowest BCUT2D eigenvalue weighted by Gasteiger charge is -1.85. The quantitative estimate of drug-likeness (QED) is 0.428. The topological polar surface area (TPSA) is 69.5 Å². The van der Waals surface area contributed by atoms with Gasteiger partial charge in [0.25, 0.3) is 0 Å². The summed E-state index contributed by atoms with van der Waals surface area (Å²) in [4.78, 5) is 0. The summed E-state index contributed by atoms with van der Waals surface area (Å²) >= 11 is 0. The molecule has 0 aliphatic heterocycles. The SMILES string of the molecule is CNCCN.O. The molecule has 0 aromatic heterocycles. The predicted octanol–water partition coefficient (Wildman–Crippen LogP) is -1.66. The van der Waals surface area contributed by atoms with E-state index in [0.717, 1.165) is 13.1 Å². The maximum Gasteiger partial charge on any atom is 0.00714 e. The Hall–Kier alpha value is -0.120. The molecule has 0 aliphatic rings. The summed E-state index contributed by atoms with van der Waals surface area (Å²) in [5, 5.41) is 2.89. The first-order chi connectivity index (χ1) is 2.41. The van der Waals surface area contributed by atoms with Gasteiger partial charge < -0.3 is 16.5 Å². The van der Waals surface area contributed by atoms with Gasteiger partial charge in [-0.25, -0.2) is 0 Å². The Labute approximate surface area is 37.8 Å². The van der Waals surface area contributed by atoms with Gasteiger partial charge in [-0.1, -0.05) is 0 Å². The van der Waals surface area contributed by atoms with Crippen LogP contribution in [0.25, 0.3) is 0 Å². The van der Waals surface area contributed by atoms with Gasteiger partial charge in [-0.05, 0) is 7.05 Å². The van der Waals surface area contributed by atoms with E-state index in [2.05, 4.69) is 5.32 Å². The van der Waals surface area contributed by atoms with Crippen LogP contribution in [-0.2, 0) is 0 Å². The Balaban J connectivity index is 0. The molecule has 0 amide bonds. The first-order valence-corrected chi connectivity index (χ1v) is 1.76. The van der Waals surface area contributed by atoms with E-state index in [1.165, 1.54) is 0 Å². The highest BCUT2D eigenvalue weighted by Gasteiger charge is 1.64. The molecule has 0 aromatic carbocycles. The summed E-state index contributed by atoms with van der Waals surface area (Å²) < 4.78 is 0. The minimum Gasteiger partial charge on any atom is -0.412 e. The number of hydrogen-bond acceptors (Lipinski definition) is 2. The van der Waals surface area contributed by atoms with Crippen LogP contribution in [0.1, 0.15) is 0 Å². The molecular weight excluding hydrogens is 80.0 g/mol. The smallest absolute Gasteiger partial charge is 0.00714 e. The van der Waals surface area contributed by atoms with E-state index >= 15 is 0 Å². The standard InChI is InChI=1S/C3H10N2.H2O/c1-5-3-2-4;/h5H,2-4H2,1H3;1H2. The maximum atomic E-state index is 5.08. The second-order valence-electron chi connectivity index (χ2n) is 0.892. The molecule has 3 heteroatoms. The monoisotopic (exact) mass is 92.1 g/mol. The van der Waals surface area contributed by atoms with E-state index in [4.69, 9.17) is 5.73 Å². The Kier molecular flexibility index (Phi) is 13.7. The molecule has 0 atom stereocenters. The molecule has 0 rings (SSSR count). The van der Waals surface area contributed by atoms with Crippen molar-refractivity contribution in [1.29, 1.82) is 0 Å². The Bertz CT molecular complexity index is 16.3. The van der Waals surface area contributed by atoms with E-state index in [9.17, 15) is 0 Å². The molecule has 0 radical (unpaired) electrons. The maximum absolute atomic E-state index is 5.08. The molecular formula is C3H12N2O. The van der Waals surface area contributed by atoms with Gasteiger partial charge in [0.15, 0.2) is 0 Å². The highest BCUT2D eigenvalue weighted by atomic mass is 16.0. The van der Waals surface area contributed by atoms with Gasteiger partial charge in [-0.15, -0.1) is 0 Å². The molecule has 0 aliphatic carbocycles. The van der Waals surface area contributed by atoms with Crippen molar-refractivity contribution in [1.82, 2.24) is 5.32 Å². The summed E-state index contributed by atoms with van der Waals surface area (Å²) in [5.74, 6) is 0. The second kappa shape index (κ2) is 8.86. The van der Waals surface area contributed by atoms with Gasteiger partial charge in [0.2, 0.25) is 0 Å². The van der Waals surface area contributed by atoms with Crippen LogP contribution in [-0.4, -0.2) is 25.6 Å². The van der Waals surface area contributed by atoms with Crippen LogP contribution in [0.5, 0.6) is 0 Å². The third-order valence-electron chi connectivity index (χ3n) is 0.394. The van der Waals surface area contributed by atoms with Crippen molar-refractivity contribution < 1.29 is 5.48 Å². The minimum atomic E-state index is 0. The summed E-state index contributed by atoms with van der Waals surface area (Å²) in [6.45, 7) is 1.65. The number of nitrogens with two attached hydrogens (primary N) is 1. The van der Waals surface area contributed by atoms with Crippen molar-refractivity contribution in [2.45, 2.75) is 0 Å². The van der Waals surface area contributed by atoms with Gasteiger partial charge in [-0.2, -0.15) is 0 Å². The molecule has 40 valence electrons. The van der Waals surface area contributed by atoms with Crippen LogP contribution < -0.4 is 11.1 Å². The molecule has 6 heavy (non-hydrogen) atoms. The van der Waals surface area contributed by atoms with Crippen LogP contribution in [0.3, 0.4) is 0 Å². The molecule has 0 saturated heterocycles. The zero-order valence-electron chi connectivity index (χ0n) is 3.99. The molecule has 3 nitrogen and oxygen atoms in total. The zero-order chi connectivity index (χ0) is 4.12. The average molecular weight is 92.1 g/mol. The van der Waals surface area contributed by atoms with Crippen molar-refractivity contribution in [3.63, 3.8) is 0 Å². The summed E-state index contributed by atoms with van der Waals surface area (Å²) in [6.07, 6.45) is 0. The fourth-order valence-electron chi connectivity index (χ4n) is 0.144. The highest BCUT2D eigenvalue weighted by molar-refractivity contribution is 4.33. The molecule has 0 bridgehead atoms. The lowest BCUT2D eigenvalue weighted by atomic mass is 10.7. The zero-order valence-corrected chi connectivity index (χ0v) is 3.99. The number of rotatable bonds is 2. The molecule has 0 heterocycles. The lowest BCUT2D eigenvalue weighted by Crippen LogP contribution is -2.17. The van der Waals surface area contributed by atoms with Crippen molar-refractivity contribution in [3.8, 4) is 0 Å². The fraction of sp³-hybridized carbons (Fsp3) is 1.00. The van der Waals surface area contributed by atoms with Crippen LogP contribution in [0.2, 0.25) is 0 Å². The molecule has 0 aromatic rings. The third kappa shape index (κ3) is 9.11. The Morgan fingerprint density at radius 1 is 1.67 bits per heavy atom. The van der Waals surface area contributed by atoms with Gasteiger partial charge >= 0.3 is 0 Å². The lowest BCUT2D eigenvalue weighted by molar-refractivity contribution is 0.802. The second-order valence-corrected chi connectivity index (χ2v) is 0.892. The normalized spacial score (nSPS) is 7.00. The third-order valence-corrected chi connectivity index (χ3v) is 0.394. The van der Waals surface area contributed by atoms with Crippen molar-refractivity contribution in [2.24, 2.45) is 5.73 Å². The Morgan fingerprint density at radius 3 is 2.17 bits per heavy atom. The van der Waals surface area contributed by atoms with E-state index in [1.807, 2.05) is 7.05 Å². The van der Waals surface area contributed by atoms with Gasteiger partial charge in [0, 0.05) is 13.1 Å². The van der Waals surface area contributed by atoms with Gasteiger partial charge in [0.1, 0.15) is 0 Å². The minimum absolute atomic E-state index is 0. The average Bonchev–Trinajstić information content (AvgIpc) is 1.41. The first kappa shape index (κ1) is 9.30. The van der Waals surface area contributed by atoms with Gasteiger partial charge in [0.05, 0.1) is 0 Å². The van der Waals surface area contributed by atoms with Gasteiger partial charge in [-0.3, -0.25) is 0 Å². The highest BCUT2D eigenvalue weighted by Crippen LogP contribution is 1.37. The summed E-state index contributed by atoms with van der Waals surface area (Å²) in [5.41, 5.74) is 5.08. The van der Waals surface area contributed by atoms with Crippen molar-refractivity contribution in [2.75, 3.05) is 20.1 Å². The molecule has 0 fully saturated rings.